The minimum atomic E-state index is 0.803. The summed E-state index contributed by atoms with van der Waals surface area (Å²) in [5.74, 6) is 0.803. The van der Waals surface area contributed by atoms with Gasteiger partial charge in [-0.3, -0.25) is 4.68 Å². The van der Waals surface area contributed by atoms with Gasteiger partial charge in [0.1, 0.15) is 5.51 Å². The first-order valence-corrected chi connectivity index (χ1v) is 8.82. The second-order valence-electron chi connectivity index (χ2n) is 6.03. The van der Waals surface area contributed by atoms with Crippen LogP contribution in [-0.4, -0.2) is 29.6 Å². The summed E-state index contributed by atoms with van der Waals surface area (Å²) in [6.45, 7) is 2.12. The van der Waals surface area contributed by atoms with E-state index in [-0.39, 0.29) is 0 Å². The highest BCUT2D eigenvalue weighted by Crippen LogP contribution is 2.41. The number of rotatable bonds is 2. The van der Waals surface area contributed by atoms with Crippen LogP contribution >= 0.6 is 11.3 Å². The van der Waals surface area contributed by atoms with Crippen molar-refractivity contribution in [2.75, 3.05) is 4.90 Å². The number of aryl methyl sites for hydroxylation is 1. The molecular formula is C17H15N7S. The molecule has 25 heavy (non-hydrogen) atoms. The molecule has 0 amide bonds. The predicted octanol–water partition coefficient (Wildman–Crippen LogP) is 3.04. The van der Waals surface area contributed by atoms with E-state index >= 15 is 0 Å². The zero-order chi connectivity index (χ0) is 17.0. The number of nitrogens with zero attached hydrogens (tertiary/aromatic N) is 7. The van der Waals surface area contributed by atoms with Gasteiger partial charge < -0.3 is 4.90 Å². The Hall–Kier alpha value is -3.00. The molecule has 5 rings (SSSR count). The molecular weight excluding hydrogens is 334 g/mol. The number of benzene rings is 1. The van der Waals surface area contributed by atoms with Crippen LogP contribution in [-0.2, 0) is 13.5 Å². The largest absolute Gasteiger partial charge is 0.311 e. The standard InChI is InChI=1S/C17H15N7S/c1-11-14(16-20-21-17-24(16)19-10-25-17)7-12-5-3-4-6-15(12)23(11)13-8-18-22(2)9-13/h3-6,8-10H,7H2,1-2H3. The van der Waals surface area contributed by atoms with Crippen LogP contribution < -0.4 is 4.90 Å². The lowest BCUT2D eigenvalue weighted by Gasteiger charge is -2.32. The molecule has 4 aromatic rings. The van der Waals surface area contributed by atoms with Gasteiger partial charge in [-0.2, -0.15) is 14.7 Å². The topological polar surface area (TPSA) is 64.1 Å². The highest BCUT2D eigenvalue weighted by atomic mass is 32.1. The summed E-state index contributed by atoms with van der Waals surface area (Å²) in [4.78, 5) is 3.04. The van der Waals surface area contributed by atoms with Crippen molar-refractivity contribution in [2.24, 2.45) is 7.05 Å². The number of anilines is 2. The van der Waals surface area contributed by atoms with Gasteiger partial charge in [0.15, 0.2) is 5.82 Å². The van der Waals surface area contributed by atoms with Crippen molar-refractivity contribution in [1.29, 1.82) is 0 Å². The maximum absolute atomic E-state index is 4.39. The summed E-state index contributed by atoms with van der Waals surface area (Å²) in [7, 11) is 1.93. The Morgan fingerprint density at radius 2 is 2.00 bits per heavy atom. The van der Waals surface area contributed by atoms with E-state index in [4.69, 9.17) is 0 Å². The molecule has 1 aliphatic rings. The van der Waals surface area contributed by atoms with Crippen molar-refractivity contribution in [3.05, 3.63) is 59.3 Å². The fraction of sp³-hybridized carbons (Fsp3) is 0.176. The number of aromatic nitrogens is 6. The summed E-state index contributed by atoms with van der Waals surface area (Å²) in [5, 5.41) is 17.4. The van der Waals surface area contributed by atoms with E-state index in [0.29, 0.717) is 0 Å². The van der Waals surface area contributed by atoms with Crippen LogP contribution in [0, 0.1) is 0 Å². The fourth-order valence-corrected chi connectivity index (χ4v) is 3.92. The first-order valence-electron chi connectivity index (χ1n) is 7.94. The summed E-state index contributed by atoms with van der Waals surface area (Å²) in [5.41, 5.74) is 7.49. The average molecular weight is 349 g/mol. The van der Waals surface area contributed by atoms with Gasteiger partial charge in [0.05, 0.1) is 11.9 Å². The van der Waals surface area contributed by atoms with Gasteiger partial charge in [0.2, 0.25) is 4.96 Å². The maximum atomic E-state index is 4.39. The maximum Gasteiger partial charge on any atom is 0.234 e. The molecule has 8 heteroatoms. The fourth-order valence-electron chi connectivity index (χ4n) is 3.36. The summed E-state index contributed by atoms with van der Waals surface area (Å²) in [6, 6.07) is 8.44. The average Bonchev–Trinajstić information content (AvgIpc) is 3.31. The smallest absolute Gasteiger partial charge is 0.234 e. The molecule has 0 atom stereocenters. The highest BCUT2D eigenvalue weighted by Gasteiger charge is 2.28. The van der Waals surface area contributed by atoms with Gasteiger partial charge in [-0.15, -0.1) is 10.2 Å². The first-order chi connectivity index (χ1) is 12.2. The number of para-hydroxylation sites is 1. The Labute approximate surface area is 147 Å². The molecule has 7 nitrogen and oxygen atoms in total. The molecule has 124 valence electrons. The number of hydrogen-bond acceptors (Lipinski definition) is 6. The van der Waals surface area contributed by atoms with Gasteiger partial charge >= 0.3 is 0 Å². The van der Waals surface area contributed by atoms with Crippen molar-refractivity contribution >= 4 is 33.2 Å². The Kier molecular flexibility index (Phi) is 3.01. The van der Waals surface area contributed by atoms with Crippen molar-refractivity contribution in [3.63, 3.8) is 0 Å². The lowest BCUT2D eigenvalue weighted by atomic mass is 9.95. The van der Waals surface area contributed by atoms with Crippen LogP contribution in [0.1, 0.15) is 18.3 Å². The zero-order valence-corrected chi connectivity index (χ0v) is 14.6. The highest BCUT2D eigenvalue weighted by molar-refractivity contribution is 7.14. The predicted molar refractivity (Wildman–Crippen MR) is 96.7 cm³/mol. The minimum Gasteiger partial charge on any atom is -0.311 e. The quantitative estimate of drug-likeness (QED) is 0.556. The van der Waals surface area contributed by atoms with Crippen LogP contribution in [0.3, 0.4) is 0 Å². The van der Waals surface area contributed by atoms with E-state index in [1.165, 1.54) is 22.6 Å². The van der Waals surface area contributed by atoms with Crippen LogP contribution in [0.5, 0.6) is 0 Å². The molecule has 1 aliphatic heterocycles. The molecule has 0 unspecified atom stereocenters. The van der Waals surface area contributed by atoms with E-state index in [0.717, 1.165) is 34.2 Å². The molecule has 4 heterocycles. The Balaban J connectivity index is 1.75. The SMILES string of the molecule is CC1=C(c2nnc3scnn23)Cc2ccccc2N1c1cnn(C)c1. The minimum absolute atomic E-state index is 0.803. The zero-order valence-electron chi connectivity index (χ0n) is 13.8. The molecule has 0 spiro atoms. The van der Waals surface area contributed by atoms with Crippen LogP contribution in [0.15, 0.2) is 47.9 Å². The van der Waals surface area contributed by atoms with E-state index in [2.05, 4.69) is 56.5 Å². The Morgan fingerprint density at radius 1 is 1.12 bits per heavy atom. The van der Waals surface area contributed by atoms with Gasteiger partial charge in [-0.25, -0.2) is 0 Å². The third-order valence-corrected chi connectivity index (χ3v) is 5.19. The van der Waals surface area contributed by atoms with Crippen molar-refractivity contribution in [2.45, 2.75) is 13.3 Å². The van der Waals surface area contributed by atoms with Crippen LogP contribution in [0.4, 0.5) is 11.4 Å². The molecule has 0 radical (unpaired) electrons. The van der Waals surface area contributed by atoms with Crippen molar-refractivity contribution < 1.29 is 0 Å². The lowest BCUT2D eigenvalue weighted by molar-refractivity contribution is 0.767. The van der Waals surface area contributed by atoms with E-state index < -0.39 is 0 Å². The first kappa shape index (κ1) is 14.4. The molecule has 1 aromatic carbocycles. The molecule has 0 saturated heterocycles. The normalized spacial score (nSPS) is 14.4. The molecule has 0 N–H and O–H groups in total. The van der Waals surface area contributed by atoms with Crippen molar-refractivity contribution in [1.82, 2.24) is 29.6 Å². The summed E-state index contributed by atoms with van der Waals surface area (Å²) < 4.78 is 3.63. The van der Waals surface area contributed by atoms with Gasteiger partial charge in [0.25, 0.3) is 0 Å². The van der Waals surface area contributed by atoms with Gasteiger partial charge in [-0.1, -0.05) is 29.5 Å². The Morgan fingerprint density at radius 3 is 2.84 bits per heavy atom. The second kappa shape index (κ2) is 5.25. The molecule has 0 saturated carbocycles. The van der Waals surface area contributed by atoms with E-state index in [9.17, 15) is 0 Å². The van der Waals surface area contributed by atoms with Gasteiger partial charge in [0, 0.05) is 36.6 Å². The van der Waals surface area contributed by atoms with Crippen molar-refractivity contribution in [3.8, 4) is 0 Å². The van der Waals surface area contributed by atoms with Crippen LogP contribution in [0.2, 0.25) is 0 Å². The van der Waals surface area contributed by atoms with Crippen LogP contribution in [0.25, 0.3) is 10.5 Å². The van der Waals surface area contributed by atoms with E-state index in [1.54, 1.807) is 5.51 Å². The third-order valence-electron chi connectivity index (χ3n) is 4.52. The molecule has 0 fully saturated rings. The van der Waals surface area contributed by atoms with E-state index in [1.807, 2.05) is 28.6 Å². The molecule has 0 bridgehead atoms. The monoisotopic (exact) mass is 349 g/mol. The number of hydrogen-bond donors (Lipinski definition) is 0. The lowest BCUT2D eigenvalue weighted by Crippen LogP contribution is -2.22. The van der Waals surface area contributed by atoms with Gasteiger partial charge in [-0.05, 0) is 18.6 Å². The number of allylic oxidation sites excluding steroid dienone is 2. The molecule has 3 aromatic heterocycles. The Bertz CT molecular complexity index is 1120. The molecule has 0 aliphatic carbocycles. The number of fused-ring (bicyclic) bond motifs is 2. The third kappa shape index (κ3) is 2.11. The summed E-state index contributed by atoms with van der Waals surface area (Å²) in [6.07, 6.45) is 4.70. The second-order valence-corrected chi connectivity index (χ2v) is 6.85. The summed E-state index contributed by atoms with van der Waals surface area (Å²) >= 11 is 1.49.